The lowest BCUT2D eigenvalue weighted by Gasteiger charge is -2.32. The maximum atomic E-state index is 11.9. The molecule has 100 valence electrons. The second-order valence-corrected chi connectivity index (χ2v) is 4.98. The number of hydrogen-bond acceptors (Lipinski definition) is 5. The molecule has 0 unspecified atom stereocenters. The van der Waals surface area contributed by atoms with Gasteiger partial charge in [0.05, 0.1) is 11.1 Å². The van der Waals surface area contributed by atoms with Gasteiger partial charge in [0.25, 0.3) is 0 Å². The van der Waals surface area contributed by atoms with Gasteiger partial charge in [-0.3, -0.25) is 10.2 Å². The Morgan fingerprint density at radius 3 is 2.75 bits per heavy atom. The van der Waals surface area contributed by atoms with Crippen molar-refractivity contribution in [1.82, 2.24) is 5.32 Å². The molecule has 1 aromatic carbocycles. The minimum absolute atomic E-state index is 0.0274. The lowest BCUT2D eigenvalue weighted by atomic mass is 9.78. The van der Waals surface area contributed by atoms with E-state index >= 15 is 0 Å². The predicted octanol–water partition coefficient (Wildman–Crippen LogP) is 1.41. The SMILES string of the molecule is CC1(C)C(=O)NCc2ccc(NN=C(C#N)C#N)cc21. The molecule has 20 heavy (non-hydrogen) atoms. The summed E-state index contributed by atoms with van der Waals surface area (Å²) in [6.45, 7) is 4.20. The molecule has 0 spiro atoms. The van der Waals surface area contributed by atoms with E-state index in [1.165, 1.54) is 0 Å². The summed E-state index contributed by atoms with van der Waals surface area (Å²) in [7, 11) is 0. The first-order valence-electron chi connectivity index (χ1n) is 6.04. The van der Waals surface area contributed by atoms with Crippen molar-refractivity contribution < 1.29 is 4.79 Å². The van der Waals surface area contributed by atoms with Gasteiger partial charge < -0.3 is 5.32 Å². The molecule has 6 heteroatoms. The number of nitrogens with zero attached hydrogens (tertiary/aromatic N) is 3. The zero-order valence-electron chi connectivity index (χ0n) is 11.2. The van der Waals surface area contributed by atoms with E-state index in [4.69, 9.17) is 10.5 Å². The Labute approximate surface area is 116 Å². The van der Waals surface area contributed by atoms with Crippen molar-refractivity contribution in [1.29, 1.82) is 10.5 Å². The summed E-state index contributed by atoms with van der Waals surface area (Å²) in [5.74, 6) is -0.0274. The van der Waals surface area contributed by atoms with Gasteiger partial charge in [0.1, 0.15) is 12.1 Å². The quantitative estimate of drug-likeness (QED) is 0.624. The Bertz CT molecular complexity index is 660. The molecule has 0 saturated carbocycles. The van der Waals surface area contributed by atoms with Crippen LogP contribution in [0.3, 0.4) is 0 Å². The number of hydrogen-bond donors (Lipinski definition) is 2. The van der Waals surface area contributed by atoms with E-state index in [9.17, 15) is 4.79 Å². The molecule has 0 radical (unpaired) electrons. The highest BCUT2D eigenvalue weighted by Gasteiger charge is 2.35. The fourth-order valence-electron chi connectivity index (χ4n) is 2.10. The van der Waals surface area contributed by atoms with Gasteiger partial charge in [-0.05, 0) is 37.1 Å². The molecule has 0 saturated heterocycles. The van der Waals surface area contributed by atoms with Crippen LogP contribution in [-0.4, -0.2) is 11.6 Å². The van der Waals surface area contributed by atoms with E-state index in [0.717, 1.165) is 11.1 Å². The van der Waals surface area contributed by atoms with Gasteiger partial charge in [-0.1, -0.05) is 6.07 Å². The summed E-state index contributed by atoms with van der Waals surface area (Å²) in [6.07, 6.45) is 0. The number of nitriles is 2. The topological polar surface area (TPSA) is 101 Å². The molecule has 0 aromatic heterocycles. The van der Waals surface area contributed by atoms with Crippen LogP contribution in [0.1, 0.15) is 25.0 Å². The highest BCUT2D eigenvalue weighted by molar-refractivity contribution is 6.10. The summed E-state index contributed by atoms with van der Waals surface area (Å²) in [5.41, 5.74) is 4.38. The molecule has 1 aliphatic heterocycles. The standard InChI is InChI=1S/C14H13N5O/c1-14(2)12-5-10(18-19-11(6-15)7-16)4-3-9(12)8-17-13(14)20/h3-5,18H,8H2,1-2H3,(H,17,20). The zero-order valence-corrected chi connectivity index (χ0v) is 11.2. The average molecular weight is 267 g/mol. The first-order chi connectivity index (χ1) is 9.48. The summed E-state index contributed by atoms with van der Waals surface area (Å²) in [6, 6.07) is 8.85. The number of amides is 1. The maximum Gasteiger partial charge on any atom is 0.237 e. The molecular weight excluding hydrogens is 254 g/mol. The number of anilines is 1. The van der Waals surface area contributed by atoms with Gasteiger partial charge in [0.2, 0.25) is 11.6 Å². The van der Waals surface area contributed by atoms with Crippen LogP contribution in [0.15, 0.2) is 23.3 Å². The van der Waals surface area contributed by atoms with Gasteiger partial charge >= 0.3 is 0 Å². The molecule has 2 rings (SSSR count). The van der Waals surface area contributed by atoms with E-state index in [0.29, 0.717) is 12.2 Å². The Morgan fingerprint density at radius 1 is 1.40 bits per heavy atom. The lowest BCUT2D eigenvalue weighted by molar-refractivity contribution is -0.126. The Morgan fingerprint density at radius 2 is 2.10 bits per heavy atom. The fraction of sp³-hybridized carbons (Fsp3) is 0.286. The number of benzene rings is 1. The van der Waals surface area contributed by atoms with Crippen LogP contribution in [0.2, 0.25) is 0 Å². The van der Waals surface area contributed by atoms with Gasteiger partial charge in [-0.15, -0.1) is 0 Å². The van der Waals surface area contributed by atoms with E-state index in [2.05, 4.69) is 15.8 Å². The molecule has 6 nitrogen and oxygen atoms in total. The summed E-state index contributed by atoms with van der Waals surface area (Å²) in [4.78, 5) is 11.9. The summed E-state index contributed by atoms with van der Waals surface area (Å²) < 4.78 is 0. The second kappa shape index (κ2) is 5.02. The summed E-state index contributed by atoms with van der Waals surface area (Å²) in [5, 5.41) is 23.8. The third kappa shape index (κ3) is 2.32. The van der Waals surface area contributed by atoms with Crippen LogP contribution >= 0.6 is 0 Å². The monoisotopic (exact) mass is 267 g/mol. The number of hydrazone groups is 1. The molecule has 0 bridgehead atoms. The molecule has 0 fully saturated rings. The van der Waals surface area contributed by atoms with Crippen molar-refractivity contribution in [3.05, 3.63) is 29.3 Å². The van der Waals surface area contributed by atoms with Crippen LogP contribution in [0, 0.1) is 22.7 Å². The van der Waals surface area contributed by atoms with Crippen LogP contribution in [0.25, 0.3) is 0 Å². The number of carbonyl (C=O) groups is 1. The highest BCUT2D eigenvalue weighted by atomic mass is 16.2. The molecule has 2 N–H and O–H groups in total. The Balaban J connectivity index is 2.35. The highest BCUT2D eigenvalue weighted by Crippen LogP contribution is 2.32. The minimum atomic E-state index is -0.623. The average Bonchev–Trinajstić information content (AvgIpc) is 2.45. The van der Waals surface area contributed by atoms with Crippen molar-refractivity contribution in [2.24, 2.45) is 5.10 Å². The van der Waals surface area contributed by atoms with Crippen LogP contribution < -0.4 is 10.7 Å². The minimum Gasteiger partial charge on any atom is -0.351 e. The third-order valence-electron chi connectivity index (χ3n) is 3.30. The van der Waals surface area contributed by atoms with Crippen molar-refractivity contribution >= 4 is 17.3 Å². The molecular formula is C14H13N5O. The first kappa shape index (κ1) is 13.6. The van der Waals surface area contributed by atoms with Gasteiger partial charge in [-0.25, -0.2) is 0 Å². The van der Waals surface area contributed by atoms with Crippen molar-refractivity contribution in [2.45, 2.75) is 25.8 Å². The van der Waals surface area contributed by atoms with Crippen molar-refractivity contribution in [3.8, 4) is 12.1 Å². The van der Waals surface area contributed by atoms with Crippen LogP contribution in [0.5, 0.6) is 0 Å². The number of carbonyl (C=O) groups excluding carboxylic acids is 1. The smallest absolute Gasteiger partial charge is 0.237 e. The van der Waals surface area contributed by atoms with Gasteiger partial charge in [-0.2, -0.15) is 15.6 Å². The van der Waals surface area contributed by atoms with E-state index in [1.807, 2.05) is 26.0 Å². The molecule has 1 aromatic rings. The van der Waals surface area contributed by atoms with E-state index in [-0.39, 0.29) is 11.6 Å². The molecule has 1 aliphatic rings. The third-order valence-corrected chi connectivity index (χ3v) is 3.30. The maximum absolute atomic E-state index is 11.9. The van der Waals surface area contributed by atoms with Crippen LogP contribution in [-0.2, 0) is 16.8 Å². The Kier molecular flexibility index (Phi) is 3.41. The molecule has 1 amide bonds. The fourth-order valence-corrected chi connectivity index (χ4v) is 2.10. The van der Waals surface area contributed by atoms with Crippen LogP contribution in [0.4, 0.5) is 5.69 Å². The van der Waals surface area contributed by atoms with Gasteiger partial charge in [0.15, 0.2) is 0 Å². The van der Waals surface area contributed by atoms with Gasteiger partial charge in [0, 0.05) is 6.54 Å². The predicted molar refractivity (Wildman–Crippen MR) is 73.6 cm³/mol. The Hall–Kier alpha value is -2.86. The number of fused-ring (bicyclic) bond motifs is 1. The number of rotatable bonds is 2. The van der Waals surface area contributed by atoms with E-state index < -0.39 is 5.41 Å². The van der Waals surface area contributed by atoms with Crippen molar-refractivity contribution in [3.63, 3.8) is 0 Å². The largest absolute Gasteiger partial charge is 0.351 e. The lowest BCUT2D eigenvalue weighted by Crippen LogP contribution is -2.44. The zero-order chi connectivity index (χ0) is 14.8. The molecule has 1 heterocycles. The number of nitrogens with one attached hydrogen (secondary N) is 2. The normalized spacial score (nSPS) is 15.1. The molecule has 0 aliphatic carbocycles. The van der Waals surface area contributed by atoms with E-state index in [1.54, 1.807) is 18.2 Å². The molecule has 0 atom stereocenters. The summed E-state index contributed by atoms with van der Waals surface area (Å²) >= 11 is 0. The first-order valence-corrected chi connectivity index (χ1v) is 6.04. The second-order valence-electron chi connectivity index (χ2n) is 4.98. The van der Waals surface area contributed by atoms with Crippen molar-refractivity contribution in [2.75, 3.05) is 5.43 Å².